The molecule has 1 amide bonds. The monoisotopic (exact) mass is 365 g/mol. The lowest BCUT2D eigenvalue weighted by atomic mass is 10.2. The summed E-state index contributed by atoms with van der Waals surface area (Å²) in [5.41, 5.74) is 7.87. The first kappa shape index (κ1) is 18.0. The van der Waals surface area contributed by atoms with E-state index in [9.17, 15) is 4.79 Å². The van der Waals surface area contributed by atoms with Crippen molar-refractivity contribution in [1.29, 1.82) is 0 Å². The molecule has 0 spiro atoms. The van der Waals surface area contributed by atoms with Gasteiger partial charge in [-0.05, 0) is 48.5 Å². The predicted octanol–water partition coefficient (Wildman–Crippen LogP) is 3.56. The predicted molar refractivity (Wildman–Crippen MR) is 104 cm³/mol. The maximum absolute atomic E-state index is 11.1. The van der Waals surface area contributed by atoms with Crippen molar-refractivity contribution >= 4 is 28.8 Å². The highest BCUT2D eigenvalue weighted by molar-refractivity contribution is 5.89. The third-order valence-electron chi connectivity index (χ3n) is 3.59. The molecular weight excluding hydrogens is 346 g/mol. The van der Waals surface area contributed by atoms with Crippen molar-refractivity contribution in [2.75, 3.05) is 23.5 Å². The maximum Gasteiger partial charge on any atom is 0.248 e. The quantitative estimate of drug-likeness (QED) is 0.612. The standard InChI is InChI=1S/C19H19N5O3/c1-12(25)23-13-3-5-14(6-4-13)24-18-17(20)19(22-11-21-18)27-16-9-7-15(26-2)8-10-16/h3-11H,20H2,1-2H3,(H,23,25)(H,21,22,24). The molecule has 0 aliphatic rings. The number of rotatable bonds is 6. The smallest absolute Gasteiger partial charge is 0.248 e. The zero-order valence-corrected chi connectivity index (χ0v) is 14.9. The van der Waals surface area contributed by atoms with E-state index < -0.39 is 0 Å². The van der Waals surface area contributed by atoms with Crippen LogP contribution in [0.5, 0.6) is 17.4 Å². The fourth-order valence-electron chi connectivity index (χ4n) is 2.29. The van der Waals surface area contributed by atoms with E-state index in [1.165, 1.54) is 13.3 Å². The van der Waals surface area contributed by atoms with Gasteiger partial charge in [-0.2, -0.15) is 4.98 Å². The SMILES string of the molecule is COc1ccc(Oc2ncnc(Nc3ccc(NC(C)=O)cc3)c2N)cc1. The number of hydrogen-bond acceptors (Lipinski definition) is 7. The van der Waals surface area contributed by atoms with Crippen molar-refractivity contribution in [3.63, 3.8) is 0 Å². The number of benzene rings is 2. The molecule has 0 unspecified atom stereocenters. The Labute approximate surface area is 156 Å². The van der Waals surface area contributed by atoms with Gasteiger partial charge in [0.15, 0.2) is 5.82 Å². The summed E-state index contributed by atoms with van der Waals surface area (Å²) in [5, 5.41) is 5.81. The van der Waals surface area contributed by atoms with Gasteiger partial charge in [0, 0.05) is 18.3 Å². The summed E-state index contributed by atoms with van der Waals surface area (Å²) in [6, 6.07) is 14.2. The van der Waals surface area contributed by atoms with Gasteiger partial charge in [0.1, 0.15) is 23.5 Å². The minimum absolute atomic E-state index is 0.129. The van der Waals surface area contributed by atoms with Crippen molar-refractivity contribution in [3.8, 4) is 17.4 Å². The second-order valence-corrected chi connectivity index (χ2v) is 5.60. The Morgan fingerprint density at radius 1 is 0.963 bits per heavy atom. The molecule has 0 radical (unpaired) electrons. The average Bonchev–Trinajstić information content (AvgIpc) is 2.67. The summed E-state index contributed by atoms with van der Waals surface area (Å²) in [7, 11) is 1.60. The van der Waals surface area contributed by atoms with Gasteiger partial charge in [0.2, 0.25) is 11.8 Å². The minimum atomic E-state index is -0.129. The maximum atomic E-state index is 11.1. The van der Waals surface area contributed by atoms with Gasteiger partial charge in [-0.1, -0.05) is 0 Å². The van der Waals surface area contributed by atoms with E-state index in [1.807, 2.05) is 0 Å². The van der Waals surface area contributed by atoms with Gasteiger partial charge < -0.3 is 25.8 Å². The molecule has 1 heterocycles. The number of hydrogen-bond donors (Lipinski definition) is 3. The lowest BCUT2D eigenvalue weighted by molar-refractivity contribution is -0.114. The molecule has 0 atom stereocenters. The molecule has 0 aliphatic heterocycles. The van der Waals surface area contributed by atoms with Gasteiger partial charge in [-0.3, -0.25) is 4.79 Å². The molecule has 3 rings (SSSR count). The van der Waals surface area contributed by atoms with Crippen molar-refractivity contribution in [2.24, 2.45) is 0 Å². The van der Waals surface area contributed by atoms with Crippen molar-refractivity contribution in [1.82, 2.24) is 9.97 Å². The number of nitrogens with two attached hydrogens (primary N) is 1. The number of anilines is 4. The molecule has 2 aromatic carbocycles. The Kier molecular flexibility index (Phi) is 5.36. The Morgan fingerprint density at radius 2 is 1.59 bits per heavy atom. The molecule has 0 saturated heterocycles. The first-order valence-electron chi connectivity index (χ1n) is 8.12. The topological polar surface area (TPSA) is 111 Å². The number of methoxy groups -OCH3 is 1. The Morgan fingerprint density at radius 3 is 2.22 bits per heavy atom. The van der Waals surface area contributed by atoms with Crippen LogP contribution in [0.3, 0.4) is 0 Å². The number of amides is 1. The number of nitrogens with one attached hydrogen (secondary N) is 2. The third kappa shape index (κ3) is 4.63. The van der Waals surface area contributed by atoms with Crippen molar-refractivity contribution in [3.05, 3.63) is 54.9 Å². The van der Waals surface area contributed by atoms with E-state index in [4.69, 9.17) is 15.2 Å². The Balaban J connectivity index is 1.75. The number of aromatic nitrogens is 2. The highest BCUT2D eigenvalue weighted by Crippen LogP contribution is 2.31. The number of nitrogens with zero attached hydrogens (tertiary/aromatic N) is 2. The van der Waals surface area contributed by atoms with E-state index in [0.717, 1.165) is 11.4 Å². The van der Waals surface area contributed by atoms with Crippen LogP contribution in [0.15, 0.2) is 54.9 Å². The van der Waals surface area contributed by atoms with Crippen LogP contribution in [0.2, 0.25) is 0 Å². The fourth-order valence-corrected chi connectivity index (χ4v) is 2.29. The summed E-state index contributed by atoms with van der Waals surface area (Å²) in [6.07, 6.45) is 1.36. The van der Waals surface area contributed by atoms with E-state index in [-0.39, 0.29) is 17.5 Å². The highest BCUT2D eigenvalue weighted by atomic mass is 16.5. The molecule has 8 heteroatoms. The van der Waals surface area contributed by atoms with Gasteiger partial charge in [0.05, 0.1) is 7.11 Å². The minimum Gasteiger partial charge on any atom is -0.497 e. The van der Waals surface area contributed by atoms with Crippen LogP contribution in [0, 0.1) is 0 Å². The van der Waals surface area contributed by atoms with Gasteiger partial charge >= 0.3 is 0 Å². The molecule has 3 aromatic rings. The first-order chi connectivity index (χ1) is 13.0. The van der Waals surface area contributed by atoms with Crippen LogP contribution in [0.4, 0.5) is 22.9 Å². The Hall–Kier alpha value is -3.81. The summed E-state index contributed by atoms with van der Waals surface area (Å²) < 4.78 is 10.8. The number of nitrogen functional groups attached to an aromatic ring is 1. The molecule has 27 heavy (non-hydrogen) atoms. The van der Waals surface area contributed by atoms with Crippen LogP contribution in [-0.2, 0) is 4.79 Å². The summed E-state index contributed by atoms with van der Waals surface area (Å²) in [4.78, 5) is 19.3. The van der Waals surface area contributed by atoms with E-state index in [2.05, 4.69) is 20.6 Å². The number of carbonyl (C=O) groups excluding carboxylic acids is 1. The van der Waals surface area contributed by atoms with E-state index >= 15 is 0 Å². The largest absolute Gasteiger partial charge is 0.497 e. The summed E-state index contributed by atoms with van der Waals surface area (Å²) >= 11 is 0. The van der Waals surface area contributed by atoms with E-state index in [0.29, 0.717) is 17.3 Å². The first-order valence-corrected chi connectivity index (χ1v) is 8.12. The van der Waals surface area contributed by atoms with Crippen LogP contribution in [0.25, 0.3) is 0 Å². The number of carbonyl (C=O) groups is 1. The van der Waals surface area contributed by atoms with Crippen molar-refractivity contribution < 1.29 is 14.3 Å². The zero-order chi connectivity index (χ0) is 19.2. The van der Waals surface area contributed by atoms with Gasteiger partial charge in [-0.15, -0.1) is 0 Å². The second kappa shape index (κ2) is 8.05. The molecule has 0 aliphatic carbocycles. The van der Waals surface area contributed by atoms with Crippen LogP contribution in [-0.4, -0.2) is 23.0 Å². The fraction of sp³-hybridized carbons (Fsp3) is 0.105. The van der Waals surface area contributed by atoms with Gasteiger partial charge in [-0.25, -0.2) is 4.98 Å². The molecule has 4 N–H and O–H groups in total. The van der Waals surface area contributed by atoms with Crippen LogP contribution >= 0.6 is 0 Å². The molecule has 1 aromatic heterocycles. The summed E-state index contributed by atoms with van der Waals surface area (Å²) in [5.74, 6) is 1.83. The van der Waals surface area contributed by atoms with E-state index in [1.54, 1.807) is 55.6 Å². The molecule has 0 fully saturated rings. The van der Waals surface area contributed by atoms with Crippen LogP contribution in [0.1, 0.15) is 6.92 Å². The normalized spacial score (nSPS) is 10.1. The Bertz CT molecular complexity index is 927. The van der Waals surface area contributed by atoms with Crippen molar-refractivity contribution in [2.45, 2.75) is 6.92 Å². The summed E-state index contributed by atoms with van der Waals surface area (Å²) in [6.45, 7) is 1.46. The lowest BCUT2D eigenvalue weighted by Gasteiger charge is -2.12. The molecule has 138 valence electrons. The van der Waals surface area contributed by atoms with Gasteiger partial charge in [0.25, 0.3) is 0 Å². The number of ether oxygens (including phenoxy) is 2. The zero-order valence-electron chi connectivity index (χ0n) is 14.9. The second-order valence-electron chi connectivity index (χ2n) is 5.60. The highest BCUT2D eigenvalue weighted by Gasteiger charge is 2.11. The lowest BCUT2D eigenvalue weighted by Crippen LogP contribution is -2.06. The molecule has 8 nitrogen and oxygen atoms in total. The molecule has 0 bridgehead atoms. The molecular formula is C19H19N5O3. The average molecular weight is 365 g/mol. The molecule has 0 saturated carbocycles. The third-order valence-corrected chi connectivity index (χ3v) is 3.59. The van der Waals surface area contributed by atoms with Crippen LogP contribution < -0.4 is 25.8 Å².